The van der Waals surface area contributed by atoms with E-state index in [1.807, 2.05) is 12.1 Å². The summed E-state index contributed by atoms with van der Waals surface area (Å²) >= 11 is 6.38. The van der Waals surface area contributed by atoms with E-state index < -0.39 is 16.1 Å². The Bertz CT molecular complexity index is 995. The van der Waals surface area contributed by atoms with E-state index in [4.69, 9.17) is 9.47 Å². The molecule has 152 valence electrons. The van der Waals surface area contributed by atoms with Crippen LogP contribution in [0.2, 0.25) is 0 Å². The van der Waals surface area contributed by atoms with Crippen molar-refractivity contribution in [3.8, 4) is 11.5 Å². The molecule has 0 saturated carbocycles. The first-order valence-corrected chi connectivity index (χ1v) is 12.6. The van der Waals surface area contributed by atoms with Gasteiger partial charge in [-0.15, -0.1) is 0 Å². The van der Waals surface area contributed by atoms with Gasteiger partial charge < -0.3 is 14.0 Å². The molecule has 0 aliphatic rings. The number of aryl methyl sites for hydroxylation is 1. The maximum atomic E-state index is 12.2. The molecule has 2 aromatic rings. The highest BCUT2D eigenvalue weighted by atomic mass is 127. The Hall–Kier alpha value is -0.190. The van der Waals surface area contributed by atoms with Gasteiger partial charge in [-0.1, -0.05) is 13.8 Å². The first kappa shape index (κ1) is 24.1. The fraction of sp³-hybridized carbons (Fsp3) is 0.278. The zero-order valence-corrected chi connectivity index (χ0v) is 22.4. The fourth-order valence-electron chi connectivity index (χ4n) is 2.41. The molecule has 0 bridgehead atoms. The number of halogens is 3. The van der Waals surface area contributed by atoms with Crippen molar-refractivity contribution in [1.29, 1.82) is 0 Å². The summed E-state index contributed by atoms with van der Waals surface area (Å²) in [5, 5.41) is 0. The average Bonchev–Trinajstić information content (AvgIpc) is 2.55. The van der Waals surface area contributed by atoms with Gasteiger partial charge in [-0.3, -0.25) is 0 Å². The molecule has 0 aromatic heterocycles. The van der Waals surface area contributed by atoms with Crippen LogP contribution in [-0.4, -0.2) is 25.5 Å². The second-order valence-corrected chi connectivity index (χ2v) is 11.1. The highest BCUT2D eigenvalue weighted by Crippen LogP contribution is 2.32. The maximum absolute atomic E-state index is 12.2. The molecule has 0 aliphatic carbocycles. The molecule has 0 spiro atoms. The number of carbonyl (C=O) groups is 1. The summed E-state index contributed by atoms with van der Waals surface area (Å²) in [7, 11) is -4.60. The molecule has 0 radical (unpaired) electrons. The maximum Gasteiger partial charge on any atom is 0.349 e. The third kappa shape index (κ3) is 6.15. The second-order valence-electron chi connectivity index (χ2n) is 6.23. The van der Waals surface area contributed by atoms with Gasteiger partial charge in [0.05, 0.1) is 12.0 Å². The lowest BCUT2D eigenvalue weighted by atomic mass is 10.0. The van der Waals surface area contributed by atoms with Crippen LogP contribution in [0.1, 0.15) is 30.9 Å². The van der Waals surface area contributed by atoms with E-state index in [-0.39, 0.29) is 17.4 Å². The molecular weight excluding hydrogens is 725 g/mol. The summed E-state index contributed by atoms with van der Waals surface area (Å²) in [4.78, 5) is 12.0. The summed E-state index contributed by atoms with van der Waals surface area (Å²) in [6.45, 7) is 4.82. The summed E-state index contributed by atoms with van der Waals surface area (Å²) in [6.07, 6.45) is 0. The molecule has 0 atom stereocenters. The van der Waals surface area contributed by atoms with Crippen LogP contribution in [0.3, 0.4) is 0 Å². The number of hydrogen-bond acceptors (Lipinski definition) is 6. The van der Waals surface area contributed by atoms with Crippen molar-refractivity contribution in [3.05, 3.63) is 46.1 Å². The molecule has 0 heterocycles. The van der Waals surface area contributed by atoms with Gasteiger partial charge in [0.15, 0.2) is 12.4 Å². The molecule has 2 rings (SSSR count). The summed E-state index contributed by atoms with van der Waals surface area (Å²) in [6, 6.07) is 6.57. The van der Waals surface area contributed by atoms with Crippen LogP contribution >= 0.6 is 67.8 Å². The number of ether oxygens (including phenoxy) is 2. The minimum absolute atomic E-state index is 0.205. The van der Waals surface area contributed by atoms with Crippen molar-refractivity contribution in [2.75, 3.05) is 6.61 Å². The van der Waals surface area contributed by atoms with E-state index in [0.717, 1.165) is 10.7 Å². The van der Waals surface area contributed by atoms with Crippen molar-refractivity contribution in [1.82, 2.24) is 0 Å². The first-order chi connectivity index (χ1) is 12.9. The topological polar surface area (TPSA) is 92.7 Å². The predicted octanol–water partition coefficient (Wildman–Crippen LogP) is 4.82. The van der Waals surface area contributed by atoms with Crippen LogP contribution in [0.4, 0.5) is 0 Å². The molecule has 0 amide bonds. The minimum atomic E-state index is -4.60. The molecule has 0 aliphatic heterocycles. The average molecular weight is 741 g/mol. The van der Waals surface area contributed by atoms with E-state index in [0.29, 0.717) is 22.6 Å². The molecule has 0 N–H and O–H groups in total. The zero-order valence-electron chi connectivity index (χ0n) is 15.1. The Balaban J connectivity index is 2.21. The van der Waals surface area contributed by atoms with Gasteiger partial charge in [-0.2, -0.15) is 0 Å². The number of carbonyl (C=O) groups excluding carboxylic acids is 1. The van der Waals surface area contributed by atoms with E-state index in [9.17, 15) is 17.8 Å². The van der Waals surface area contributed by atoms with Crippen LogP contribution < -0.4 is 9.47 Å². The largest absolute Gasteiger partial charge is 0.744 e. The number of esters is 1. The van der Waals surface area contributed by atoms with E-state index in [1.54, 1.807) is 20.8 Å². The van der Waals surface area contributed by atoms with Crippen molar-refractivity contribution in [3.63, 3.8) is 0 Å². The van der Waals surface area contributed by atoms with Gasteiger partial charge in [0.25, 0.3) is 0 Å². The Morgan fingerprint density at radius 1 is 1.11 bits per heavy atom. The van der Waals surface area contributed by atoms with Crippen LogP contribution in [0.25, 0.3) is 0 Å². The molecule has 10 heteroatoms. The van der Waals surface area contributed by atoms with Crippen molar-refractivity contribution in [2.45, 2.75) is 31.6 Å². The van der Waals surface area contributed by atoms with E-state index in [2.05, 4.69) is 67.8 Å². The second kappa shape index (κ2) is 9.75. The monoisotopic (exact) mass is 741 g/mol. The van der Waals surface area contributed by atoms with E-state index in [1.165, 1.54) is 12.1 Å². The number of rotatable bonds is 6. The Morgan fingerprint density at radius 2 is 1.68 bits per heavy atom. The lowest BCUT2D eigenvalue weighted by Crippen LogP contribution is -2.19. The predicted molar refractivity (Wildman–Crippen MR) is 129 cm³/mol. The number of benzene rings is 2. The van der Waals surface area contributed by atoms with Gasteiger partial charge >= 0.3 is 5.97 Å². The Labute approximate surface area is 204 Å². The van der Waals surface area contributed by atoms with Crippen LogP contribution in [0.15, 0.2) is 29.2 Å². The molecule has 0 saturated heterocycles. The molecule has 0 fully saturated rings. The minimum Gasteiger partial charge on any atom is -0.744 e. The van der Waals surface area contributed by atoms with Gasteiger partial charge in [0.1, 0.15) is 15.9 Å². The third-order valence-electron chi connectivity index (χ3n) is 3.72. The van der Waals surface area contributed by atoms with Gasteiger partial charge in [0.2, 0.25) is 0 Å². The van der Waals surface area contributed by atoms with Crippen LogP contribution in [0.5, 0.6) is 11.5 Å². The SMILES string of the molecule is Cc1cc(S(=O)(=O)[O-])c(C(C)C)cc1OCC(=O)Oc1c(I)cc(I)cc1I. The lowest BCUT2D eigenvalue weighted by Gasteiger charge is -2.19. The molecular formula is C18H16I3O6S-. The van der Waals surface area contributed by atoms with Gasteiger partial charge in [-0.05, 0) is 116 Å². The van der Waals surface area contributed by atoms with Gasteiger partial charge in [-0.25, -0.2) is 13.2 Å². The summed E-state index contributed by atoms with van der Waals surface area (Å²) < 4.78 is 48.2. The van der Waals surface area contributed by atoms with Crippen molar-refractivity contribution in [2.24, 2.45) is 0 Å². The molecule has 2 aromatic carbocycles. The standard InChI is InChI=1S/C18H17I3O6S/c1-9(2)12-7-15(10(3)4-16(12)28(23,24)25)26-8-17(22)27-18-13(20)5-11(19)6-14(18)21/h4-7,9H,8H2,1-3H3,(H,23,24,25)/p-1. The van der Waals surface area contributed by atoms with Crippen molar-refractivity contribution >= 4 is 83.9 Å². The fourth-order valence-corrected chi connectivity index (χ4v) is 7.11. The molecule has 0 unspecified atom stereocenters. The normalized spacial score (nSPS) is 11.6. The molecule has 6 nitrogen and oxygen atoms in total. The van der Waals surface area contributed by atoms with Crippen LogP contribution in [-0.2, 0) is 14.9 Å². The van der Waals surface area contributed by atoms with E-state index >= 15 is 0 Å². The third-order valence-corrected chi connectivity index (χ3v) is 6.84. The van der Waals surface area contributed by atoms with Crippen molar-refractivity contribution < 1.29 is 27.2 Å². The lowest BCUT2D eigenvalue weighted by molar-refractivity contribution is -0.136. The molecule has 28 heavy (non-hydrogen) atoms. The highest BCUT2D eigenvalue weighted by molar-refractivity contribution is 14.1. The Kier molecular flexibility index (Phi) is 8.38. The zero-order chi connectivity index (χ0) is 21.2. The van der Waals surface area contributed by atoms with Gasteiger partial charge in [0, 0.05) is 3.57 Å². The smallest absolute Gasteiger partial charge is 0.349 e. The summed E-state index contributed by atoms with van der Waals surface area (Å²) in [5.74, 6) is 0.0225. The first-order valence-electron chi connectivity index (χ1n) is 7.98. The number of hydrogen-bond donors (Lipinski definition) is 0. The van der Waals surface area contributed by atoms with Crippen LogP contribution in [0, 0.1) is 17.6 Å². The highest BCUT2D eigenvalue weighted by Gasteiger charge is 2.18. The summed E-state index contributed by atoms with van der Waals surface area (Å²) in [5.41, 5.74) is 0.802. The Morgan fingerprint density at radius 3 is 2.18 bits per heavy atom. The quantitative estimate of drug-likeness (QED) is 0.183.